The maximum absolute atomic E-state index is 10.9. The van der Waals surface area contributed by atoms with Crippen molar-refractivity contribution in [2.75, 3.05) is 0 Å². The van der Waals surface area contributed by atoms with Crippen molar-refractivity contribution in [3.8, 4) is 5.75 Å². The van der Waals surface area contributed by atoms with Crippen LogP contribution >= 0.6 is 0 Å². The zero-order valence-electron chi connectivity index (χ0n) is 11.0. The van der Waals surface area contributed by atoms with E-state index >= 15 is 0 Å². The lowest BCUT2D eigenvalue weighted by Gasteiger charge is -2.08. The second kappa shape index (κ2) is 5.57. The largest absolute Gasteiger partial charge is 0.489 e. The minimum Gasteiger partial charge on any atom is -0.489 e. The fraction of sp³-hybridized carbons (Fsp3) is 0.188. The SMILES string of the molecule is Cc1ccc(OCc2ccc(C(=O)O)c(C)c2)cc1. The van der Waals surface area contributed by atoms with Crippen molar-refractivity contribution in [1.82, 2.24) is 0 Å². The Bertz CT molecular complexity index is 585. The normalized spacial score (nSPS) is 10.2. The van der Waals surface area contributed by atoms with Crippen LogP contribution in [0.15, 0.2) is 42.5 Å². The highest BCUT2D eigenvalue weighted by Crippen LogP contribution is 2.16. The number of rotatable bonds is 4. The summed E-state index contributed by atoms with van der Waals surface area (Å²) in [6.07, 6.45) is 0. The molecule has 0 aliphatic heterocycles. The topological polar surface area (TPSA) is 46.5 Å². The first-order valence-electron chi connectivity index (χ1n) is 6.08. The van der Waals surface area contributed by atoms with Crippen molar-refractivity contribution in [3.63, 3.8) is 0 Å². The van der Waals surface area contributed by atoms with Gasteiger partial charge in [0.05, 0.1) is 5.56 Å². The maximum Gasteiger partial charge on any atom is 0.335 e. The second-order valence-corrected chi connectivity index (χ2v) is 4.56. The van der Waals surface area contributed by atoms with Crippen molar-refractivity contribution < 1.29 is 14.6 Å². The molecule has 1 N–H and O–H groups in total. The predicted octanol–water partition coefficient (Wildman–Crippen LogP) is 3.58. The van der Waals surface area contributed by atoms with Crippen LogP contribution in [0.25, 0.3) is 0 Å². The third-order valence-corrected chi connectivity index (χ3v) is 2.95. The Morgan fingerprint density at radius 1 is 1.11 bits per heavy atom. The number of hydrogen-bond acceptors (Lipinski definition) is 2. The van der Waals surface area contributed by atoms with E-state index in [0.29, 0.717) is 12.2 Å². The molecule has 0 bridgehead atoms. The molecule has 0 spiro atoms. The van der Waals surface area contributed by atoms with Gasteiger partial charge in [-0.05, 0) is 43.2 Å². The number of ether oxygens (including phenoxy) is 1. The Morgan fingerprint density at radius 3 is 2.37 bits per heavy atom. The van der Waals surface area contributed by atoms with Gasteiger partial charge in [-0.15, -0.1) is 0 Å². The Kier molecular flexibility index (Phi) is 3.85. The summed E-state index contributed by atoms with van der Waals surface area (Å²) < 4.78 is 5.65. The molecule has 3 nitrogen and oxygen atoms in total. The lowest BCUT2D eigenvalue weighted by molar-refractivity contribution is 0.0696. The van der Waals surface area contributed by atoms with Crippen LogP contribution in [-0.2, 0) is 6.61 Å². The van der Waals surface area contributed by atoms with E-state index in [1.807, 2.05) is 37.3 Å². The van der Waals surface area contributed by atoms with E-state index in [2.05, 4.69) is 0 Å². The molecule has 0 heterocycles. The third-order valence-electron chi connectivity index (χ3n) is 2.95. The van der Waals surface area contributed by atoms with Crippen LogP contribution in [0.4, 0.5) is 0 Å². The zero-order valence-corrected chi connectivity index (χ0v) is 11.0. The Labute approximate surface area is 112 Å². The average molecular weight is 256 g/mol. The molecule has 0 atom stereocenters. The minimum absolute atomic E-state index is 0.332. The molecule has 2 aromatic carbocycles. The standard InChI is InChI=1S/C16H16O3/c1-11-3-6-14(7-4-11)19-10-13-5-8-15(16(17)18)12(2)9-13/h3-9H,10H2,1-2H3,(H,17,18). The molecule has 0 fully saturated rings. The van der Waals surface area contributed by atoms with Gasteiger partial charge < -0.3 is 9.84 Å². The molecule has 0 radical (unpaired) electrons. The first-order chi connectivity index (χ1) is 9.06. The van der Waals surface area contributed by atoms with Gasteiger partial charge in [0.25, 0.3) is 0 Å². The number of carboxylic acid groups (broad SMARTS) is 1. The van der Waals surface area contributed by atoms with E-state index in [1.54, 1.807) is 19.1 Å². The van der Waals surface area contributed by atoms with E-state index in [-0.39, 0.29) is 0 Å². The van der Waals surface area contributed by atoms with Gasteiger partial charge in [0.2, 0.25) is 0 Å². The molecule has 0 aromatic heterocycles. The van der Waals surface area contributed by atoms with Gasteiger partial charge in [0.15, 0.2) is 0 Å². The lowest BCUT2D eigenvalue weighted by Crippen LogP contribution is -2.02. The quantitative estimate of drug-likeness (QED) is 0.909. The highest BCUT2D eigenvalue weighted by atomic mass is 16.5. The van der Waals surface area contributed by atoms with E-state index in [1.165, 1.54) is 5.56 Å². The Balaban J connectivity index is 2.06. The van der Waals surface area contributed by atoms with Crippen LogP contribution in [0.3, 0.4) is 0 Å². The van der Waals surface area contributed by atoms with Gasteiger partial charge in [0, 0.05) is 0 Å². The van der Waals surface area contributed by atoms with Crippen LogP contribution in [-0.4, -0.2) is 11.1 Å². The summed E-state index contributed by atoms with van der Waals surface area (Å²) in [4.78, 5) is 10.9. The van der Waals surface area contributed by atoms with Crippen LogP contribution in [0.1, 0.15) is 27.0 Å². The first kappa shape index (κ1) is 13.1. The summed E-state index contributed by atoms with van der Waals surface area (Å²) in [7, 11) is 0. The predicted molar refractivity (Wildman–Crippen MR) is 73.6 cm³/mol. The molecular formula is C16H16O3. The fourth-order valence-electron chi connectivity index (χ4n) is 1.86. The van der Waals surface area contributed by atoms with Gasteiger partial charge >= 0.3 is 5.97 Å². The molecule has 3 heteroatoms. The number of aryl methyl sites for hydroxylation is 2. The monoisotopic (exact) mass is 256 g/mol. The molecule has 2 aromatic rings. The summed E-state index contributed by atoms with van der Waals surface area (Å²) in [5.74, 6) is -0.0888. The van der Waals surface area contributed by atoms with Crippen LogP contribution in [0.2, 0.25) is 0 Å². The summed E-state index contributed by atoms with van der Waals surface area (Å²) in [5, 5.41) is 8.96. The molecule has 98 valence electrons. The first-order valence-corrected chi connectivity index (χ1v) is 6.08. The molecule has 0 saturated carbocycles. The van der Waals surface area contributed by atoms with Crippen molar-refractivity contribution in [1.29, 1.82) is 0 Å². The number of benzene rings is 2. The van der Waals surface area contributed by atoms with Crippen molar-refractivity contribution in [2.45, 2.75) is 20.5 Å². The van der Waals surface area contributed by atoms with E-state index in [9.17, 15) is 4.79 Å². The molecule has 0 aliphatic rings. The second-order valence-electron chi connectivity index (χ2n) is 4.56. The molecule has 19 heavy (non-hydrogen) atoms. The fourth-order valence-corrected chi connectivity index (χ4v) is 1.86. The van der Waals surface area contributed by atoms with E-state index in [4.69, 9.17) is 9.84 Å². The van der Waals surface area contributed by atoms with Gasteiger partial charge in [-0.25, -0.2) is 4.79 Å². The highest BCUT2D eigenvalue weighted by Gasteiger charge is 2.07. The number of carbonyl (C=O) groups is 1. The van der Waals surface area contributed by atoms with Crippen molar-refractivity contribution >= 4 is 5.97 Å². The zero-order chi connectivity index (χ0) is 13.8. The van der Waals surface area contributed by atoms with Crippen LogP contribution < -0.4 is 4.74 Å². The van der Waals surface area contributed by atoms with Crippen molar-refractivity contribution in [2.24, 2.45) is 0 Å². The molecule has 0 aliphatic carbocycles. The van der Waals surface area contributed by atoms with Gasteiger partial charge in [-0.2, -0.15) is 0 Å². The van der Waals surface area contributed by atoms with Gasteiger partial charge in [-0.3, -0.25) is 0 Å². The molecule has 0 unspecified atom stereocenters. The third kappa shape index (κ3) is 3.35. The molecule has 2 rings (SSSR count). The summed E-state index contributed by atoms with van der Waals surface area (Å²) in [6.45, 7) is 4.25. The van der Waals surface area contributed by atoms with Crippen LogP contribution in [0.5, 0.6) is 5.75 Å². The summed E-state index contributed by atoms with van der Waals surface area (Å²) in [5.41, 5.74) is 3.23. The van der Waals surface area contributed by atoms with E-state index < -0.39 is 5.97 Å². The lowest BCUT2D eigenvalue weighted by atomic mass is 10.1. The maximum atomic E-state index is 10.9. The van der Waals surface area contributed by atoms with Gasteiger partial charge in [0.1, 0.15) is 12.4 Å². The average Bonchev–Trinajstić information content (AvgIpc) is 2.37. The van der Waals surface area contributed by atoms with Gasteiger partial charge in [-0.1, -0.05) is 29.8 Å². The van der Waals surface area contributed by atoms with E-state index in [0.717, 1.165) is 16.9 Å². The summed E-state index contributed by atoms with van der Waals surface area (Å²) >= 11 is 0. The van der Waals surface area contributed by atoms with Crippen molar-refractivity contribution in [3.05, 3.63) is 64.7 Å². The minimum atomic E-state index is -0.900. The molecular weight excluding hydrogens is 240 g/mol. The number of hydrogen-bond donors (Lipinski definition) is 1. The number of carboxylic acids is 1. The molecule has 0 amide bonds. The highest BCUT2D eigenvalue weighted by molar-refractivity contribution is 5.89. The molecule has 0 saturated heterocycles. The Morgan fingerprint density at radius 2 is 1.79 bits per heavy atom. The Hall–Kier alpha value is -2.29. The number of aromatic carboxylic acids is 1. The smallest absolute Gasteiger partial charge is 0.335 e. The summed E-state index contributed by atoms with van der Waals surface area (Å²) in [6, 6.07) is 13.1. The van der Waals surface area contributed by atoms with Crippen LogP contribution in [0, 0.1) is 13.8 Å².